The molecule has 0 aliphatic heterocycles. The minimum atomic E-state index is -0.231. The lowest BCUT2D eigenvalue weighted by Gasteiger charge is -2.15. The Kier molecular flexibility index (Phi) is 4.20. The number of hydrogen-bond donors (Lipinski definition) is 2. The molecule has 2 aromatic rings. The summed E-state index contributed by atoms with van der Waals surface area (Å²) in [6.07, 6.45) is 3.38. The van der Waals surface area contributed by atoms with Crippen LogP contribution in [0.5, 0.6) is 5.75 Å². The third kappa shape index (κ3) is 3.06. The Balaban J connectivity index is 2.16. The zero-order valence-corrected chi connectivity index (χ0v) is 11.5. The summed E-state index contributed by atoms with van der Waals surface area (Å²) in [5.74, 6) is 0.367. The zero-order valence-electron chi connectivity index (χ0n) is 11.5. The van der Waals surface area contributed by atoms with Gasteiger partial charge in [-0.15, -0.1) is 0 Å². The number of ether oxygens (including phenoxy) is 1. The van der Waals surface area contributed by atoms with Crippen LogP contribution < -0.4 is 15.8 Å². The standard InChI is InChI=1S/C15H17N3O2/c1-10(11-5-7-17-8-6-11)18-15(19)13-9-12(20-2)3-4-14(13)16/h3-10H,16H2,1-2H3,(H,18,19). The van der Waals surface area contributed by atoms with Crippen molar-refractivity contribution in [1.82, 2.24) is 10.3 Å². The molecule has 20 heavy (non-hydrogen) atoms. The third-order valence-electron chi connectivity index (χ3n) is 3.06. The number of amides is 1. The van der Waals surface area contributed by atoms with Crippen LogP contribution >= 0.6 is 0 Å². The summed E-state index contributed by atoms with van der Waals surface area (Å²) in [6, 6.07) is 8.60. The van der Waals surface area contributed by atoms with E-state index in [0.29, 0.717) is 17.0 Å². The van der Waals surface area contributed by atoms with E-state index in [1.165, 1.54) is 0 Å². The van der Waals surface area contributed by atoms with Crippen LogP contribution in [0.3, 0.4) is 0 Å². The first-order valence-corrected chi connectivity index (χ1v) is 6.26. The molecule has 1 unspecified atom stereocenters. The summed E-state index contributed by atoms with van der Waals surface area (Å²) in [5, 5.41) is 2.90. The Morgan fingerprint density at radius 3 is 2.65 bits per heavy atom. The summed E-state index contributed by atoms with van der Waals surface area (Å²) < 4.78 is 5.11. The van der Waals surface area contributed by atoms with Gasteiger partial charge >= 0.3 is 0 Å². The Morgan fingerprint density at radius 2 is 2.00 bits per heavy atom. The highest BCUT2D eigenvalue weighted by Crippen LogP contribution is 2.20. The van der Waals surface area contributed by atoms with Gasteiger partial charge in [0.2, 0.25) is 0 Å². The fourth-order valence-corrected chi connectivity index (χ4v) is 1.87. The van der Waals surface area contributed by atoms with Crippen molar-refractivity contribution >= 4 is 11.6 Å². The number of pyridine rings is 1. The summed E-state index contributed by atoms with van der Waals surface area (Å²) in [4.78, 5) is 16.2. The van der Waals surface area contributed by atoms with Crippen LogP contribution in [0, 0.1) is 0 Å². The van der Waals surface area contributed by atoms with E-state index in [2.05, 4.69) is 10.3 Å². The molecule has 1 aromatic carbocycles. The Bertz CT molecular complexity index is 599. The van der Waals surface area contributed by atoms with E-state index < -0.39 is 0 Å². The van der Waals surface area contributed by atoms with Gasteiger partial charge in [-0.3, -0.25) is 9.78 Å². The van der Waals surface area contributed by atoms with Crippen molar-refractivity contribution in [2.45, 2.75) is 13.0 Å². The first kappa shape index (κ1) is 13.9. The Morgan fingerprint density at radius 1 is 1.30 bits per heavy atom. The van der Waals surface area contributed by atoms with Gasteiger partial charge in [-0.1, -0.05) is 0 Å². The Labute approximate surface area is 117 Å². The molecular weight excluding hydrogens is 254 g/mol. The molecule has 0 saturated heterocycles. The van der Waals surface area contributed by atoms with Crippen LogP contribution in [0.2, 0.25) is 0 Å². The maximum absolute atomic E-state index is 12.3. The molecule has 1 aromatic heterocycles. The van der Waals surface area contributed by atoms with E-state index in [4.69, 9.17) is 10.5 Å². The van der Waals surface area contributed by atoms with Crippen molar-refractivity contribution in [3.05, 3.63) is 53.9 Å². The molecule has 0 radical (unpaired) electrons. The van der Waals surface area contributed by atoms with Gasteiger partial charge in [0.05, 0.1) is 18.7 Å². The van der Waals surface area contributed by atoms with Gasteiger partial charge < -0.3 is 15.8 Å². The number of aromatic nitrogens is 1. The molecule has 1 heterocycles. The van der Waals surface area contributed by atoms with Crippen molar-refractivity contribution in [2.75, 3.05) is 12.8 Å². The summed E-state index contributed by atoms with van der Waals surface area (Å²) in [5.41, 5.74) is 7.64. The van der Waals surface area contributed by atoms with Crippen molar-refractivity contribution in [3.8, 4) is 5.75 Å². The molecule has 0 aliphatic carbocycles. The van der Waals surface area contributed by atoms with Crippen LogP contribution in [0.15, 0.2) is 42.7 Å². The van der Waals surface area contributed by atoms with E-state index in [0.717, 1.165) is 5.56 Å². The van der Waals surface area contributed by atoms with Gasteiger partial charge in [-0.05, 0) is 42.8 Å². The molecule has 0 fully saturated rings. The normalized spacial score (nSPS) is 11.7. The smallest absolute Gasteiger partial charge is 0.253 e. The second kappa shape index (κ2) is 6.06. The molecule has 1 atom stereocenters. The summed E-state index contributed by atoms with van der Waals surface area (Å²) >= 11 is 0. The highest BCUT2D eigenvalue weighted by atomic mass is 16.5. The number of nitrogens with zero attached hydrogens (tertiary/aromatic N) is 1. The lowest BCUT2D eigenvalue weighted by molar-refractivity contribution is 0.0940. The van der Waals surface area contributed by atoms with E-state index in [9.17, 15) is 4.79 Å². The molecule has 0 aliphatic rings. The molecule has 104 valence electrons. The fourth-order valence-electron chi connectivity index (χ4n) is 1.87. The Hall–Kier alpha value is -2.56. The maximum Gasteiger partial charge on any atom is 0.253 e. The first-order valence-electron chi connectivity index (χ1n) is 6.26. The second-order valence-electron chi connectivity index (χ2n) is 4.43. The molecule has 0 bridgehead atoms. The highest BCUT2D eigenvalue weighted by Gasteiger charge is 2.14. The molecule has 5 nitrogen and oxygen atoms in total. The van der Waals surface area contributed by atoms with Crippen LogP contribution in [0.1, 0.15) is 28.9 Å². The van der Waals surface area contributed by atoms with E-state index >= 15 is 0 Å². The molecule has 5 heteroatoms. The number of carbonyl (C=O) groups is 1. The minimum absolute atomic E-state index is 0.129. The van der Waals surface area contributed by atoms with Gasteiger partial charge in [-0.25, -0.2) is 0 Å². The van der Waals surface area contributed by atoms with Gasteiger partial charge in [0.25, 0.3) is 5.91 Å². The van der Waals surface area contributed by atoms with Gasteiger partial charge in [0.1, 0.15) is 5.75 Å². The lowest BCUT2D eigenvalue weighted by Crippen LogP contribution is -2.27. The quantitative estimate of drug-likeness (QED) is 0.835. The predicted octanol–water partition coefficient (Wildman–Crippen LogP) is 2.16. The largest absolute Gasteiger partial charge is 0.497 e. The number of anilines is 1. The molecule has 1 amide bonds. The minimum Gasteiger partial charge on any atom is -0.497 e. The predicted molar refractivity (Wildman–Crippen MR) is 77.5 cm³/mol. The average Bonchev–Trinajstić information content (AvgIpc) is 2.48. The van der Waals surface area contributed by atoms with Gasteiger partial charge in [0.15, 0.2) is 0 Å². The average molecular weight is 271 g/mol. The molecule has 0 spiro atoms. The molecule has 3 N–H and O–H groups in total. The van der Waals surface area contributed by atoms with Gasteiger partial charge in [0, 0.05) is 18.1 Å². The number of benzene rings is 1. The fraction of sp³-hybridized carbons (Fsp3) is 0.200. The number of carbonyl (C=O) groups excluding carboxylic acids is 1. The SMILES string of the molecule is COc1ccc(N)c(C(=O)NC(C)c2ccncc2)c1. The van der Waals surface area contributed by atoms with Crippen molar-refractivity contribution in [2.24, 2.45) is 0 Å². The number of nitrogen functional groups attached to an aromatic ring is 1. The third-order valence-corrected chi connectivity index (χ3v) is 3.06. The first-order chi connectivity index (χ1) is 9.61. The van der Waals surface area contributed by atoms with E-state index in [-0.39, 0.29) is 11.9 Å². The van der Waals surface area contributed by atoms with Crippen molar-refractivity contribution < 1.29 is 9.53 Å². The van der Waals surface area contributed by atoms with Crippen LogP contribution in [-0.4, -0.2) is 18.0 Å². The van der Waals surface area contributed by atoms with Crippen molar-refractivity contribution in [1.29, 1.82) is 0 Å². The molecular formula is C15H17N3O2. The highest BCUT2D eigenvalue weighted by molar-refractivity contribution is 5.99. The lowest BCUT2D eigenvalue weighted by atomic mass is 10.1. The molecule has 2 rings (SSSR count). The van der Waals surface area contributed by atoms with Crippen molar-refractivity contribution in [3.63, 3.8) is 0 Å². The van der Waals surface area contributed by atoms with Crippen LogP contribution in [0.25, 0.3) is 0 Å². The number of methoxy groups -OCH3 is 1. The number of nitrogens with one attached hydrogen (secondary N) is 1. The monoisotopic (exact) mass is 271 g/mol. The summed E-state index contributed by atoms with van der Waals surface area (Å²) in [7, 11) is 1.55. The van der Waals surface area contributed by atoms with E-state index in [1.54, 1.807) is 37.7 Å². The maximum atomic E-state index is 12.3. The van der Waals surface area contributed by atoms with E-state index in [1.807, 2.05) is 19.1 Å². The van der Waals surface area contributed by atoms with Crippen LogP contribution in [0.4, 0.5) is 5.69 Å². The number of hydrogen-bond acceptors (Lipinski definition) is 4. The number of nitrogens with two attached hydrogens (primary N) is 1. The summed E-state index contributed by atoms with van der Waals surface area (Å²) in [6.45, 7) is 1.91. The molecule has 0 saturated carbocycles. The zero-order chi connectivity index (χ0) is 14.5. The van der Waals surface area contributed by atoms with Gasteiger partial charge in [-0.2, -0.15) is 0 Å². The topological polar surface area (TPSA) is 77.2 Å². The van der Waals surface area contributed by atoms with Crippen LogP contribution in [-0.2, 0) is 0 Å². The second-order valence-corrected chi connectivity index (χ2v) is 4.43. The number of rotatable bonds is 4.